The van der Waals surface area contributed by atoms with E-state index in [0.717, 1.165) is 38.4 Å². The van der Waals surface area contributed by atoms with Crippen molar-refractivity contribution in [2.45, 2.75) is 52.2 Å². The average molecular weight is 256 g/mol. The van der Waals surface area contributed by atoms with Crippen LogP contribution in [0.25, 0.3) is 0 Å². The Bertz CT molecular complexity index is 231. The third kappa shape index (κ3) is 5.25. The monoisotopic (exact) mass is 256 g/mol. The molecule has 1 saturated carbocycles. The fourth-order valence-electron chi connectivity index (χ4n) is 2.92. The first-order valence-electron chi connectivity index (χ1n) is 7.47. The molecule has 3 unspecified atom stereocenters. The molecule has 0 spiro atoms. The Labute approximate surface area is 113 Å². The van der Waals surface area contributed by atoms with Crippen molar-refractivity contribution in [1.82, 2.24) is 9.80 Å². The van der Waals surface area contributed by atoms with E-state index in [2.05, 4.69) is 44.7 Å². The van der Waals surface area contributed by atoms with E-state index < -0.39 is 0 Å². The number of likely N-dealkylation sites (N-methyl/N-ethyl adjacent to an activating group) is 1. The first-order valence-corrected chi connectivity index (χ1v) is 7.47. The zero-order valence-corrected chi connectivity index (χ0v) is 12.9. The molecule has 0 aromatic rings. The van der Waals surface area contributed by atoms with Gasteiger partial charge in [-0.2, -0.15) is 0 Å². The van der Waals surface area contributed by atoms with Crippen molar-refractivity contribution in [3.8, 4) is 0 Å². The van der Waals surface area contributed by atoms with Crippen LogP contribution < -0.4 is 0 Å². The van der Waals surface area contributed by atoms with Crippen LogP contribution in [0.1, 0.15) is 40.0 Å². The number of hydrogen-bond acceptors (Lipinski definition) is 3. The van der Waals surface area contributed by atoms with Gasteiger partial charge in [-0.05, 0) is 45.2 Å². The number of hydrogen-bond donors (Lipinski definition) is 1. The van der Waals surface area contributed by atoms with Gasteiger partial charge in [0.15, 0.2) is 0 Å². The van der Waals surface area contributed by atoms with E-state index in [1.807, 2.05) is 0 Å². The quantitative estimate of drug-likeness (QED) is 0.788. The molecule has 0 aliphatic heterocycles. The van der Waals surface area contributed by atoms with Crippen LogP contribution in [-0.2, 0) is 0 Å². The van der Waals surface area contributed by atoms with E-state index in [-0.39, 0.29) is 6.10 Å². The first kappa shape index (κ1) is 15.9. The molecule has 3 nitrogen and oxygen atoms in total. The zero-order valence-electron chi connectivity index (χ0n) is 12.9. The number of rotatable bonds is 6. The highest BCUT2D eigenvalue weighted by Gasteiger charge is 2.31. The van der Waals surface area contributed by atoms with E-state index in [4.69, 9.17) is 0 Å². The summed E-state index contributed by atoms with van der Waals surface area (Å²) in [6, 6.07) is 0.371. The lowest BCUT2D eigenvalue weighted by Gasteiger charge is -2.41. The molecular weight excluding hydrogens is 224 g/mol. The Kier molecular flexibility index (Phi) is 6.61. The molecule has 1 aliphatic rings. The van der Waals surface area contributed by atoms with E-state index in [0.29, 0.717) is 12.0 Å². The van der Waals surface area contributed by atoms with Gasteiger partial charge in [0.2, 0.25) is 0 Å². The lowest BCUT2D eigenvalue weighted by atomic mass is 9.84. The molecule has 1 fully saturated rings. The number of nitrogens with zero attached hydrogens (tertiary/aromatic N) is 2. The van der Waals surface area contributed by atoms with E-state index in [1.165, 1.54) is 6.42 Å². The highest BCUT2D eigenvalue weighted by molar-refractivity contribution is 4.86. The topological polar surface area (TPSA) is 26.7 Å². The summed E-state index contributed by atoms with van der Waals surface area (Å²) < 4.78 is 0. The van der Waals surface area contributed by atoms with Gasteiger partial charge in [-0.25, -0.2) is 0 Å². The molecule has 1 N–H and O–H groups in total. The summed E-state index contributed by atoms with van der Waals surface area (Å²) in [5.74, 6) is 1.42. The van der Waals surface area contributed by atoms with Crippen molar-refractivity contribution in [3.63, 3.8) is 0 Å². The summed E-state index contributed by atoms with van der Waals surface area (Å²) in [7, 11) is 4.24. The summed E-state index contributed by atoms with van der Waals surface area (Å²) >= 11 is 0. The predicted octanol–water partition coefficient (Wildman–Crippen LogP) is 2.06. The van der Waals surface area contributed by atoms with Crippen molar-refractivity contribution in [3.05, 3.63) is 0 Å². The fraction of sp³-hybridized carbons (Fsp3) is 1.00. The van der Waals surface area contributed by atoms with Crippen LogP contribution in [0.15, 0.2) is 0 Å². The van der Waals surface area contributed by atoms with Gasteiger partial charge in [0.05, 0.1) is 6.10 Å². The van der Waals surface area contributed by atoms with Crippen molar-refractivity contribution < 1.29 is 5.11 Å². The van der Waals surface area contributed by atoms with Gasteiger partial charge in [-0.3, -0.25) is 4.90 Å². The van der Waals surface area contributed by atoms with Crippen molar-refractivity contribution in [2.24, 2.45) is 11.8 Å². The van der Waals surface area contributed by atoms with E-state index in [1.54, 1.807) is 0 Å². The van der Waals surface area contributed by atoms with Gasteiger partial charge >= 0.3 is 0 Å². The lowest BCUT2D eigenvalue weighted by molar-refractivity contribution is -0.00123. The van der Waals surface area contributed by atoms with Crippen LogP contribution in [0, 0.1) is 11.8 Å². The molecule has 0 heterocycles. The van der Waals surface area contributed by atoms with Crippen molar-refractivity contribution >= 4 is 0 Å². The second kappa shape index (κ2) is 7.46. The second-order valence-electron chi connectivity index (χ2n) is 6.74. The molecule has 0 aromatic carbocycles. The molecule has 0 radical (unpaired) electrons. The van der Waals surface area contributed by atoms with Gasteiger partial charge in [0.25, 0.3) is 0 Å². The largest absolute Gasteiger partial charge is 0.391 e. The maximum Gasteiger partial charge on any atom is 0.0695 e. The summed E-state index contributed by atoms with van der Waals surface area (Å²) in [5, 5.41) is 10.3. The minimum Gasteiger partial charge on any atom is -0.391 e. The van der Waals surface area contributed by atoms with Crippen molar-refractivity contribution in [2.75, 3.05) is 33.7 Å². The molecule has 108 valence electrons. The molecule has 0 bridgehead atoms. The van der Waals surface area contributed by atoms with E-state index in [9.17, 15) is 5.11 Å². The summed E-state index contributed by atoms with van der Waals surface area (Å²) in [5.41, 5.74) is 0. The SMILES string of the molecule is CC(C)CN(CCN(C)C)C1CC(C)CCC1O. The predicted molar refractivity (Wildman–Crippen MR) is 77.8 cm³/mol. The van der Waals surface area contributed by atoms with Gasteiger partial charge in [0, 0.05) is 25.7 Å². The van der Waals surface area contributed by atoms with Crippen LogP contribution >= 0.6 is 0 Å². The summed E-state index contributed by atoms with van der Waals surface area (Å²) in [4.78, 5) is 4.75. The summed E-state index contributed by atoms with van der Waals surface area (Å²) in [6.07, 6.45) is 3.19. The maximum atomic E-state index is 10.3. The molecule has 0 saturated heterocycles. The average Bonchev–Trinajstić information content (AvgIpc) is 2.27. The first-order chi connectivity index (χ1) is 8.40. The van der Waals surface area contributed by atoms with Crippen molar-refractivity contribution in [1.29, 1.82) is 0 Å². The van der Waals surface area contributed by atoms with Crippen LogP contribution in [0.3, 0.4) is 0 Å². The van der Waals surface area contributed by atoms with Crippen LogP contribution in [0.2, 0.25) is 0 Å². The third-order valence-corrected chi connectivity index (χ3v) is 3.95. The Morgan fingerprint density at radius 3 is 2.39 bits per heavy atom. The Morgan fingerprint density at radius 1 is 1.17 bits per heavy atom. The fourth-order valence-corrected chi connectivity index (χ4v) is 2.92. The molecule has 18 heavy (non-hydrogen) atoms. The smallest absolute Gasteiger partial charge is 0.0695 e. The molecule has 1 rings (SSSR count). The van der Waals surface area contributed by atoms with Gasteiger partial charge in [-0.1, -0.05) is 20.8 Å². The van der Waals surface area contributed by atoms with Crippen LogP contribution in [0.5, 0.6) is 0 Å². The molecule has 0 aromatic heterocycles. The number of aliphatic hydroxyl groups is 1. The highest BCUT2D eigenvalue weighted by atomic mass is 16.3. The van der Waals surface area contributed by atoms with Crippen LogP contribution in [0.4, 0.5) is 0 Å². The highest BCUT2D eigenvalue weighted by Crippen LogP contribution is 2.28. The molecular formula is C15H32N2O. The minimum absolute atomic E-state index is 0.123. The molecule has 1 aliphatic carbocycles. The summed E-state index contributed by atoms with van der Waals surface area (Å²) in [6.45, 7) is 10.1. The van der Waals surface area contributed by atoms with Crippen LogP contribution in [-0.4, -0.2) is 60.8 Å². The van der Waals surface area contributed by atoms with Gasteiger partial charge < -0.3 is 10.0 Å². The Morgan fingerprint density at radius 2 is 1.83 bits per heavy atom. The van der Waals surface area contributed by atoms with Gasteiger partial charge in [-0.15, -0.1) is 0 Å². The second-order valence-corrected chi connectivity index (χ2v) is 6.74. The Hall–Kier alpha value is -0.120. The molecule has 3 atom stereocenters. The third-order valence-electron chi connectivity index (χ3n) is 3.95. The standard InChI is InChI=1S/C15H32N2O/c1-12(2)11-17(9-8-16(4)5)14-10-13(3)6-7-15(14)18/h12-15,18H,6-11H2,1-5H3. The van der Waals surface area contributed by atoms with E-state index >= 15 is 0 Å². The molecule has 0 amide bonds. The zero-order chi connectivity index (χ0) is 13.7. The number of aliphatic hydroxyl groups excluding tert-OH is 1. The maximum absolute atomic E-state index is 10.3. The molecule has 3 heteroatoms. The normalized spacial score (nSPS) is 29.5. The Balaban J connectivity index is 2.60. The van der Waals surface area contributed by atoms with Gasteiger partial charge in [0.1, 0.15) is 0 Å². The lowest BCUT2D eigenvalue weighted by Crippen LogP contribution is -2.50. The minimum atomic E-state index is -0.123.